The predicted octanol–water partition coefficient (Wildman–Crippen LogP) is 4.31. The van der Waals surface area contributed by atoms with Crippen LogP contribution in [0.2, 0.25) is 0 Å². The zero-order chi connectivity index (χ0) is 18.1. The monoisotopic (exact) mass is 371 g/mol. The molecule has 1 aromatic heterocycles. The SMILES string of the molecule is CCC1COC2(CCc3cc(N(Cc4ccccc4)C(C)=O)sc3C2)O1. The van der Waals surface area contributed by atoms with Gasteiger partial charge in [-0.25, -0.2) is 0 Å². The fraction of sp³-hybridized carbons (Fsp3) is 0.476. The van der Waals surface area contributed by atoms with Gasteiger partial charge in [0.15, 0.2) is 5.79 Å². The fourth-order valence-electron chi connectivity index (χ4n) is 3.76. The maximum Gasteiger partial charge on any atom is 0.224 e. The van der Waals surface area contributed by atoms with Crippen LogP contribution in [0.15, 0.2) is 36.4 Å². The first kappa shape index (κ1) is 17.7. The number of carbonyl (C=O) groups is 1. The Morgan fingerprint density at radius 2 is 2.15 bits per heavy atom. The highest BCUT2D eigenvalue weighted by Gasteiger charge is 2.44. The Kier molecular flexibility index (Phi) is 4.86. The average molecular weight is 372 g/mol. The van der Waals surface area contributed by atoms with E-state index in [-0.39, 0.29) is 12.0 Å². The molecular formula is C21H25NO3S. The molecule has 26 heavy (non-hydrogen) atoms. The van der Waals surface area contributed by atoms with Crippen LogP contribution in [0.5, 0.6) is 0 Å². The minimum atomic E-state index is -0.448. The Morgan fingerprint density at radius 3 is 2.85 bits per heavy atom. The molecule has 0 radical (unpaired) electrons. The third kappa shape index (κ3) is 3.43. The quantitative estimate of drug-likeness (QED) is 0.804. The van der Waals surface area contributed by atoms with Gasteiger partial charge in [0, 0.05) is 24.6 Å². The van der Waals surface area contributed by atoms with Crippen LogP contribution < -0.4 is 4.90 Å². The molecule has 1 aromatic carbocycles. The largest absolute Gasteiger partial charge is 0.347 e. The maximum absolute atomic E-state index is 12.3. The Labute approximate surface area is 158 Å². The summed E-state index contributed by atoms with van der Waals surface area (Å²) in [4.78, 5) is 15.4. The minimum absolute atomic E-state index is 0.0709. The zero-order valence-corrected chi connectivity index (χ0v) is 16.2. The molecule has 2 unspecified atom stereocenters. The topological polar surface area (TPSA) is 38.8 Å². The fourth-order valence-corrected chi connectivity index (χ4v) is 5.10. The number of amides is 1. The summed E-state index contributed by atoms with van der Waals surface area (Å²) < 4.78 is 12.3. The second-order valence-electron chi connectivity index (χ2n) is 7.17. The lowest BCUT2D eigenvalue weighted by Crippen LogP contribution is -2.36. The van der Waals surface area contributed by atoms with Crippen molar-refractivity contribution in [3.63, 3.8) is 0 Å². The molecule has 2 heterocycles. The van der Waals surface area contributed by atoms with E-state index < -0.39 is 5.79 Å². The molecule has 0 bridgehead atoms. The third-order valence-electron chi connectivity index (χ3n) is 5.29. The van der Waals surface area contributed by atoms with Gasteiger partial charge in [0.25, 0.3) is 0 Å². The Balaban J connectivity index is 1.55. The summed E-state index contributed by atoms with van der Waals surface area (Å²) in [5.74, 6) is -0.377. The number of ether oxygens (including phenoxy) is 2. The van der Waals surface area contributed by atoms with Gasteiger partial charge in [-0.1, -0.05) is 37.3 Å². The molecule has 0 N–H and O–H groups in total. The van der Waals surface area contributed by atoms with Crippen molar-refractivity contribution in [1.82, 2.24) is 0 Å². The number of carbonyl (C=O) groups excluding carboxylic acids is 1. The highest BCUT2D eigenvalue weighted by molar-refractivity contribution is 7.16. The predicted molar refractivity (Wildman–Crippen MR) is 103 cm³/mol. The lowest BCUT2D eigenvalue weighted by Gasteiger charge is -2.31. The van der Waals surface area contributed by atoms with Crippen molar-refractivity contribution in [2.24, 2.45) is 0 Å². The van der Waals surface area contributed by atoms with Crippen LogP contribution in [-0.2, 0) is 33.7 Å². The number of hydrogen-bond donors (Lipinski definition) is 0. The van der Waals surface area contributed by atoms with Crippen molar-refractivity contribution in [3.8, 4) is 0 Å². The lowest BCUT2D eigenvalue weighted by atomic mass is 9.93. The molecule has 1 fully saturated rings. The van der Waals surface area contributed by atoms with E-state index in [0.29, 0.717) is 13.2 Å². The van der Waals surface area contributed by atoms with Crippen LogP contribution in [-0.4, -0.2) is 24.4 Å². The molecule has 4 nitrogen and oxygen atoms in total. The lowest BCUT2D eigenvalue weighted by molar-refractivity contribution is -0.174. The molecule has 138 valence electrons. The van der Waals surface area contributed by atoms with E-state index in [0.717, 1.165) is 36.2 Å². The van der Waals surface area contributed by atoms with Crippen molar-refractivity contribution in [1.29, 1.82) is 0 Å². The Morgan fingerprint density at radius 1 is 1.35 bits per heavy atom. The van der Waals surface area contributed by atoms with Crippen molar-refractivity contribution in [2.45, 2.75) is 58.0 Å². The standard InChI is InChI=1S/C21H25NO3S/c1-3-18-14-24-21(25-18)10-9-17-11-20(26-19(17)12-21)22(15(2)23)13-16-7-5-4-6-8-16/h4-8,11,18H,3,9-10,12-14H2,1-2H3. The number of aryl methyl sites for hydroxylation is 1. The van der Waals surface area contributed by atoms with Gasteiger partial charge >= 0.3 is 0 Å². The average Bonchev–Trinajstić information content (AvgIpc) is 3.24. The molecule has 2 aliphatic rings. The van der Waals surface area contributed by atoms with Gasteiger partial charge in [0.1, 0.15) is 0 Å². The van der Waals surface area contributed by atoms with Crippen LogP contribution in [0.1, 0.15) is 42.7 Å². The zero-order valence-electron chi connectivity index (χ0n) is 15.4. The maximum atomic E-state index is 12.3. The number of rotatable bonds is 4. The van der Waals surface area contributed by atoms with E-state index in [4.69, 9.17) is 9.47 Å². The Bertz CT molecular complexity index is 788. The van der Waals surface area contributed by atoms with Crippen LogP contribution in [0.4, 0.5) is 5.00 Å². The van der Waals surface area contributed by atoms with Gasteiger partial charge in [-0.15, -0.1) is 11.3 Å². The molecule has 1 amide bonds. The van der Waals surface area contributed by atoms with Crippen LogP contribution in [0.3, 0.4) is 0 Å². The second kappa shape index (κ2) is 7.14. The number of anilines is 1. The van der Waals surface area contributed by atoms with Gasteiger partial charge in [0.2, 0.25) is 5.91 Å². The van der Waals surface area contributed by atoms with Gasteiger partial charge in [0.05, 0.1) is 24.3 Å². The summed E-state index contributed by atoms with van der Waals surface area (Å²) in [5.41, 5.74) is 2.47. The molecule has 1 saturated heterocycles. The molecule has 2 atom stereocenters. The van der Waals surface area contributed by atoms with Crippen LogP contribution in [0, 0.1) is 0 Å². The van der Waals surface area contributed by atoms with Crippen LogP contribution in [0.25, 0.3) is 0 Å². The number of thiophene rings is 1. The highest BCUT2D eigenvalue weighted by atomic mass is 32.1. The number of fused-ring (bicyclic) bond motifs is 1. The van der Waals surface area contributed by atoms with Gasteiger partial charge in [-0.3, -0.25) is 9.69 Å². The molecule has 1 aliphatic heterocycles. The minimum Gasteiger partial charge on any atom is -0.347 e. The highest BCUT2D eigenvalue weighted by Crippen LogP contribution is 2.43. The van der Waals surface area contributed by atoms with Crippen molar-refractivity contribution >= 4 is 22.2 Å². The molecule has 5 heteroatoms. The number of benzene rings is 1. The van der Waals surface area contributed by atoms with E-state index >= 15 is 0 Å². The van der Waals surface area contributed by atoms with Gasteiger partial charge < -0.3 is 9.47 Å². The molecular weight excluding hydrogens is 346 g/mol. The number of nitrogens with zero attached hydrogens (tertiary/aromatic N) is 1. The first-order valence-corrected chi connectivity index (χ1v) is 10.2. The molecule has 1 spiro atoms. The molecule has 2 aromatic rings. The molecule has 1 aliphatic carbocycles. The summed E-state index contributed by atoms with van der Waals surface area (Å²) in [5, 5.41) is 1.02. The van der Waals surface area contributed by atoms with E-state index in [1.54, 1.807) is 18.3 Å². The summed E-state index contributed by atoms with van der Waals surface area (Å²) in [6.45, 7) is 5.07. The Hall–Kier alpha value is -1.69. The first-order chi connectivity index (χ1) is 12.6. The smallest absolute Gasteiger partial charge is 0.224 e. The summed E-state index contributed by atoms with van der Waals surface area (Å²) >= 11 is 1.71. The van der Waals surface area contributed by atoms with Gasteiger partial charge in [-0.05, 0) is 30.0 Å². The second-order valence-corrected chi connectivity index (χ2v) is 8.29. The van der Waals surface area contributed by atoms with Gasteiger partial charge in [-0.2, -0.15) is 0 Å². The first-order valence-electron chi connectivity index (χ1n) is 9.34. The van der Waals surface area contributed by atoms with Crippen molar-refractivity contribution in [2.75, 3.05) is 11.5 Å². The van der Waals surface area contributed by atoms with E-state index in [1.807, 2.05) is 23.1 Å². The van der Waals surface area contributed by atoms with E-state index in [9.17, 15) is 4.79 Å². The van der Waals surface area contributed by atoms with Crippen molar-refractivity contribution < 1.29 is 14.3 Å². The summed E-state index contributed by atoms with van der Waals surface area (Å²) in [6.07, 6.45) is 3.83. The summed E-state index contributed by atoms with van der Waals surface area (Å²) in [6, 6.07) is 12.3. The normalized spacial score (nSPS) is 24.6. The molecule has 0 saturated carbocycles. The van der Waals surface area contributed by atoms with E-state index in [2.05, 4.69) is 25.1 Å². The van der Waals surface area contributed by atoms with Crippen molar-refractivity contribution in [3.05, 3.63) is 52.4 Å². The summed E-state index contributed by atoms with van der Waals surface area (Å²) in [7, 11) is 0. The number of hydrogen-bond acceptors (Lipinski definition) is 4. The van der Waals surface area contributed by atoms with E-state index in [1.165, 1.54) is 10.4 Å². The van der Waals surface area contributed by atoms with Crippen LogP contribution >= 0.6 is 11.3 Å². The molecule has 4 rings (SSSR count). The third-order valence-corrected chi connectivity index (χ3v) is 6.49.